The lowest BCUT2D eigenvalue weighted by molar-refractivity contribution is -0.143. The summed E-state index contributed by atoms with van der Waals surface area (Å²) in [5, 5.41) is 2.91. The van der Waals surface area contributed by atoms with Crippen molar-refractivity contribution in [3.63, 3.8) is 0 Å². The van der Waals surface area contributed by atoms with E-state index in [1.54, 1.807) is 17.4 Å². The van der Waals surface area contributed by atoms with Gasteiger partial charge in [-0.25, -0.2) is 4.98 Å². The highest BCUT2D eigenvalue weighted by Crippen LogP contribution is 2.19. The molecule has 1 fully saturated rings. The molecule has 142 valence electrons. The Balaban J connectivity index is 1.61. The summed E-state index contributed by atoms with van der Waals surface area (Å²) in [7, 11) is 0. The summed E-state index contributed by atoms with van der Waals surface area (Å²) in [5.74, 6) is 0.0620. The molecule has 2 amide bonds. The Bertz CT molecular complexity index is 831. The van der Waals surface area contributed by atoms with Gasteiger partial charge in [0, 0.05) is 36.6 Å². The molecule has 5 nitrogen and oxygen atoms in total. The van der Waals surface area contributed by atoms with Crippen LogP contribution < -0.4 is 0 Å². The van der Waals surface area contributed by atoms with Crippen molar-refractivity contribution in [2.45, 2.75) is 39.3 Å². The number of piperazine rings is 1. The summed E-state index contributed by atoms with van der Waals surface area (Å²) < 4.78 is 0. The summed E-state index contributed by atoms with van der Waals surface area (Å²) in [6.45, 7) is 7.06. The molecule has 3 rings (SSSR count). The van der Waals surface area contributed by atoms with Crippen molar-refractivity contribution < 1.29 is 9.59 Å². The standard InChI is InChI=1S/C21H25N3O2S/c1-15-16(2)24(21(26)13-19-14-27-17(3)22-19)12-11-23(15)20(25)10-9-18-7-5-4-6-8-18/h4-10,14-16H,11-13H2,1-3H3/t15-,16-/m1/s1. The van der Waals surface area contributed by atoms with E-state index in [9.17, 15) is 9.59 Å². The molecule has 27 heavy (non-hydrogen) atoms. The molecular weight excluding hydrogens is 358 g/mol. The number of hydrogen-bond acceptors (Lipinski definition) is 4. The van der Waals surface area contributed by atoms with Crippen molar-refractivity contribution in [2.24, 2.45) is 0 Å². The maximum atomic E-state index is 12.7. The van der Waals surface area contributed by atoms with Crippen LogP contribution in [0.4, 0.5) is 0 Å². The molecule has 2 heterocycles. The molecule has 0 N–H and O–H groups in total. The van der Waals surface area contributed by atoms with E-state index in [-0.39, 0.29) is 23.9 Å². The first kappa shape index (κ1) is 19.3. The van der Waals surface area contributed by atoms with Gasteiger partial charge in [-0.2, -0.15) is 0 Å². The number of hydrogen-bond donors (Lipinski definition) is 0. The summed E-state index contributed by atoms with van der Waals surface area (Å²) in [5.41, 5.74) is 1.82. The second kappa shape index (κ2) is 8.48. The van der Waals surface area contributed by atoms with Gasteiger partial charge >= 0.3 is 0 Å². The lowest BCUT2D eigenvalue weighted by Gasteiger charge is -2.44. The minimum absolute atomic E-state index is 0.0135. The van der Waals surface area contributed by atoms with E-state index in [0.717, 1.165) is 16.3 Å². The number of aromatic nitrogens is 1. The number of carbonyl (C=O) groups is 2. The van der Waals surface area contributed by atoms with Crippen molar-refractivity contribution in [1.82, 2.24) is 14.8 Å². The second-order valence-electron chi connectivity index (χ2n) is 6.88. The van der Waals surface area contributed by atoms with Crippen molar-refractivity contribution in [3.05, 3.63) is 58.1 Å². The number of thiazole rings is 1. The van der Waals surface area contributed by atoms with E-state index in [0.29, 0.717) is 19.5 Å². The molecular formula is C21H25N3O2S. The van der Waals surface area contributed by atoms with Gasteiger partial charge in [0.2, 0.25) is 11.8 Å². The average molecular weight is 384 g/mol. The predicted molar refractivity (Wildman–Crippen MR) is 108 cm³/mol. The van der Waals surface area contributed by atoms with Gasteiger partial charge in [0.1, 0.15) is 0 Å². The van der Waals surface area contributed by atoms with E-state index in [2.05, 4.69) is 4.98 Å². The molecule has 0 spiro atoms. The van der Waals surface area contributed by atoms with Gasteiger partial charge in [0.15, 0.2) is 0 Å². The van der Waals surface area contributed by atoms with E-state index >= 15 is 0 Å². The van der Waals surface area contributed by atoms with Crippen LogP contribution in [-0.4, -0.2) is 51.8 Å². The maximum absolute atomic E-state index is 12.7. The highest BCUT2D eigenvalue weighted by atomic mass is 32.1. The van der Waals surface area contributed by atoms with E-state index in [4.69, 9.17) is 0 Å². The number of benzene rings is 1. The average Bonchev–Trinajstić information content (AvgIpc) is 3.07. The van der Waals surface area contributed by atoms with Gasteiger partial charge in [-0.1, -0.05) is 30.3 Å². The van der Waals surface area contributed by atoms with Crippen LogP contribution in [0.2, 0.25) is 0 Å². The Hall–Kier alpha value is -2.47. The normalized spacial score (nSPS) is 20.3. The molecule has 1 aromatic carbocycles. The van der Waals surface area contributed by atoms with Gasteiger partial charge in [-0.15, -0.1) is 11.3 Å². The topological polar surface area (TPSA) is 53.5 Å². The zero-order chi connectivity index (χ0) is 19.4. The molecule has 0 bridgehead atoms. The smallest absolute Gasteiger partial charge is 0.246 e. The summed E-state index contributed by atoms with van der Waals surface area (Å²) in [6, 6.07) is 9.71. The fraction of sp³-hybridized carbons (Fsp3) is 0.381. The molecule has 1 aliphatic heterocycles. The first-order valence-electron chi connectivity index (χ1n) is 9.20. The van der Waals surface area contributed by atoms with Crippen LogP contribution in [0, 0.1) is 6.92 Å². The molecule has 0 aliphatic carbocycles. The van der Waals surface area contributed by atoms with Crippen LogP contribution in [0.25, 0.3) is 6.08 Å². The van der Waals surface area contributed by atoms with Crippen molar-refractivity contribution in [2.75, 3.05) is 13.1 Å². The van der Waals surface area contributed by atoms with Gasteiger partial charge in [-0.3, -0.25) is 9.59 Å². The van der Waals surface area contributed by atoms with E-state index in [1.165, 1.54) is 0 Å². The highest BCUT2D eigenvalue weighted by Gasteiger charge is 2.35. The Kier molecular flexibility index (Phi) is 6.06. The lowest BCUT2D eigenvalue weighted by Crippen LogP contribution is -2.60. The lowest BCUT2D eigenvalue weighted by atomic mass is 10.0. The third kappa shape index (κ3) is 4.63. The minimum Gasteiger partial charge on any atom is -0.336 e. The van der Waals surface area contributed by atoms with E-state index < -0.39 is 0 Å². The molecule has 1 saturated heterocycles. The maximum Gasteiger partial charge on any atom is 0.246 e. The number of aryl methyl sites for hydroxylation is 1. The third-order valence-electron chi connectivity index (χ3n) is 5.08. The van der Waals surface area contributed by atoms with Crippen molar-refractivity contribution in [3.8, 4) is 0 Å². The SMILES string of the molecule is Cc1nc(CC(=O)N2CCN(C(=O)C=Cc3ccccc3)[C@H](C)[C@H]2C)cs1. The quantitative estimate of drug-likeness (QED) is 0.762. The molecule has 0 saturated carbocycles. The van der Waals surface area contributed by atoms with Gasteiger partial charge in [0.05, 0.1) is 17.1 Å². The van der Waals surface area contributed by atoms with E-state index in [1.807, 2.05) is 72.4 Å². The van der Waals surface area contributed by atoms with Crippen LogP contribution in [0.15, 0.2) is 41.8 Å². The summed E-state index contributed by atoms with van der Waals surface area (Å²) in [4.78, 5) is 33.4. The van der Waals surface area contributed by atoms with Crippen LogP contribution in [0.1, 0.15) is 30.1 Å². The Morgan fingerprint density at radius 3 is 2.48 bits per heavy atom. The number of amides is 2. The van der Waals surface area contributed by atoms with Crippen LogP contribution in [0.3, 0.4) is 0 Å². The first-order valence-corrected chi connectivity index (χ1v) is 10.1. The zero-order valence-electron chi connectivity index (χ0n) is 16.0. The predicted octanol–water partition coefficient (Wildman–Crippen LogP) is 3.16. The van der Waals surface area contributed by atoms with Crippen molar-refractivity contribution >= 4 is 29.2 Å². The molecule has 1 aliphatic rings. The Morgan fingerprint density at radius 2 is 1.81 bits per heavy atom. The van der Waals surface area contributed by atoms with Gasteiger partial charge in [-0.05, 0) is 32.4 Å². The summed E-state index contributed by atoms with van der Waals surface area (Å²) in [6.07, 6.45) is 3.78. The summed E-state index contributed by atoms with van der Waals surface area (Å²) >= 11 is 1.56. The fourth-order valence-electron chi connectivity index (χ4n) is 3.38. The second-order valence-corrected chi connectivity index (χ2v) is 7.94. The number of nitrogens with zero attached hydrogens (tertiary/aromatic N) is 3. The van der Waals surface area contributed by atoms with Gasteiger partial charge in [0.25, 0.3) is 0 Å². The molecule has 6 heteroatoms. The molecule has 2 atom stereocenters. The van der Waals surface area contributed by atoms with Gasteiger partial charge < -0.3 is 9.80 Å². The minimum atomic E-state index is -0.0345. The molecule has 0 unspecified atom stereocenters. The zero-order valence-corrected chi connectivity index (χ0v) is 16.8. The molecule has 2 aromatic rings. The van der Waals surface area contributed by atoms with Crippen LogP contribution >= 0.6 is 11.3 Å². The number of rotatable bonds is 4. The Morgan fingerprint density at radius 1 is 1.15 bits per heavy atom. The third-order valence-corrected chi connectivity index (χ3v) is 5.91. The Labute approximate surface area is 164 Å². The largest absolute Gasteiger partial charge is 0.336 e. The highest BCUT2D eigenvalue weighted by molar-refractivity contribution is 7.09. The van der Waals surface area contributed by atoms with Crippen LogP contribution in [0.5, 0.6) is 0 Å². The fourth-order valence-corrected chi connectivity index (χ4v) is 3.99. The monoisotopic (exact) mass is 383 g/mol. The van der Waals surface area contributed by atoms with Crippen LogP contribution in [-0.2, 0) is 16.0 Å². The number of carbonyl (C=O) groups excluding carboxylic acids is 2. The molecule has 0 radical (unpaired) electrons. The first-order chi connectivity index (χ1) is 13.0. The molecule has 1 aromatic heterocycles. The van der Waals surface area contributed by atoms with Crippen molar-refractivity contribution in [1.29, 1.82) is 0 Å².